The van der Waals surface area contributed by atoms with Gasteiger partial charge in [-0.1, -0.05) is 13.8 Å². The van der Waals surface area contributed by atoms with Crippen LogP contribution >= 0.6 is 0 Å². The molecule has 220 valence electrons. The Morgan fingerprint density at radius 2 is 1.31 bits per heavy atom. The molecule has 39 heavy (non-hydrogen) atoms. The first-order chi connectivity index (χ1) is 18.0. The summed E-state index contributed by atoms with van der Waals surface area (Å²) in [5.74, 6) is -6.93. The average molecular weight is 558 g/mol. The molecule has 0 aromatic rings. The third-order valence-electron chi connectivity index (χ3n) is 6.04. The highest BCUT2D eigenvalue weighted by molar-refractivity contribution is 5.98. The molecule has 0 bridgehead atoms. The molecule has 6 amide bonds. The zero-order chi connectivity index (χ0) is 30.0. The molecule has 1 aliphatic heterocycles. The molecule has 0 saturated carbocycles. The van der Waals surface area contributed by atoms with E-state index in [1.807, 2.05) is 0 Å². The van der Waals surface area contributed by atoms with Gasteiger partial charge in [-0.2, -0.15) is 0 Å². The molecule has 16 nitrogen and oxygen atoms in total. The lowest BCUT2D eigenvalue weighted by Gasteiger charge is -2.29. The zero-order valence-electron chi connectivity index (χ0n) is 22.2. The normalized spacial score (nSPS) is 18.8. The number of primary amides is 2. The van der Waals surface area contributed by atoms with E-state index in [0.29, 0.717) is 6.42 Å². The van der Waals surface area contributed by atoms with Crippen LogP contribution in [0.25, 0.3) is 0 Å². The minimum atomic E-state index is -1.62. The Balaban J connectivity index is 3.15. The molecular formula is C23H39N7O9. The highest BCUT2D eigenvalue weighted by Gasteiger charge is 2.39. The van der Waals surface area contributed by atoms with E-state index in [1.165, 1.54) is 11.8 Å². The van der Waals surface area contributed by atoms with Crippen molar-refractivity contribution < 1.29 is 43.8 Å². The number of nitrogens with zero attached hydrogens (tertiary/aromatic N) is 1. The van der Waals surface area contributed by atoms with Gasteiger partial charge in [0.15, 0.2) is 0 Å². The number of aliphatic hydroxyl groups excluding tert-OH is 1. The Morgan fingerprint density at radius 1 is 0.846 bits per heavy atom. The van der Waals surface area contributed by atoms with Gasteiger partial charge in [0.1, 0.15) is 30.2 Å². The Bertz CT molecular complexity index is 956. The second-order valence-electron chi connectivity index (χ2n) is 9.95. The van der Waals surface area contributed by atoms with Crippen molar-refractivity contribution in [2.45, 2.75) is 89.2 Å². The summed E-state index contributed by atoms with van der Waals surface area (Å²) in [5.41, 5.74) is 16.0. The molecule has 0 radical (unpaired) electrons. The molecule has 1 fully saturated rings. The molecular weight excluding hydrogens is 518 g/mol. The number of hydrogen-bond acceptors (Lipinski definition) is 9. The second kappa shape index (κ2) is 15.0. The van der Waals surface area contributed by atoms with Crippen molar-refractivity contribution >= 4 is 41.4 Å². The first-order valence-corrected chi connectivity index (χ1v) is 12.5. The lowest BCUT2D eigenvalue weighted by atomic mass is 10.0. The fraction of sp³-hybridized carbons (Fsp3) is 0.696. The van der Waals surface area contributed by atoms with Crippen molar-refractivity contribution in [1.29, 1.82) is 0 Å². The molecule has 0 aliphatic carbocycles. The van der Waals surface area contributed by atoms with E-state index in [9.17, 15) is 43.8 Å². The predicted octanol–water partition coefficient (Wildman–Crippen LogP) is -3.98. The van der Waals surface area contributed by atoms with Crippen LogP contribution in [0.1, 0.15) is 52.9 Å². The third kappa shape index (κ3) is 10.5. The Labute approximate surface area is 225 Å². The fourth-order valence-corrected chi connectivity index (χ4v) is 4.03. The van der Waals surface area contributed by atoms with Gasteiger partial charge in [-0.05, 0) is 32.1 Å². The number of carboxylic acids is 1. The van der Waals surface area contributed by atoms with Gasteiger partial charge in [-0.3, -0.25) is 28.8 Å². The summed E-state index contributed by atoms with van der Waals surface area (Å²) >= 11 is 0. The van der Waals surface area contributed by atoms with Crippen molar-refractivity contribution in [2.24, 2.45) is 23.1 Å². The lowest BCUT2D eigenvalue weighted by Crippen LogP contribution is -2.60. The van der Waals surface area contributed by atoms with Crippen molar-refractivity contribution in [3.05, 3.63) is 0 Å². The zero-order valence-corrected chi connectivity index (χ0v) is 22.2. The summed E-state index contributed by atoms with van der Waals surface area (Å²) < 4.78 is 0. The molecule has 0 aromatic heterocycles. The van der Waals surface area contributed by atoms with Gasteiger partial charge in [-0.25, -0.2) is 4.79 Å². The van der Waals surface area contributed by atoms with Crippen molar-refractivity contribution in [3.63, 3.8) is 0 Å². The number of carbonyl (C=O) groups is 7. The Hall–Kier alpha value is -3.79. The van der Waals surface area contributed by atoms with Gasteiger partial charge in [0.05, 0.1) is 18.9 Å². The van der Waals surface area contributed by atoms with Crippen LogP contribution < -0.4 is 33.2 Å². The summed E-state index contributed by atoms with van der Waals surface area (Å²) in [7, 11) is 0. The van der Waals surface area contributed by atoms with E-state index >= 15 is 0 Å². The van der Waals surface area contributed by atoms with E-state index in [2.05, 4.69) is 16.0 Å². The maximum atomic E-state index is 13.2. The summed E-state index contributed by atoms with van der Waals surface area (Å²) in [5, 5.41) is 25.8. The van der Waals surface area contributed by atoms with Crippen LogP contribution in [0.2, 0.25) is 0 Å². The number of aliphatic hydroxyl groups is 1. The van der Waals surface area contributed by atoms with E-state index in [1.54, 1.807) is 13.8 Å². The molecule has 1 saturated heterocycles. The number of nitrogens with one attached hydrogen (secondary N) is 3. The van der Waals surface area contributed by atoms with Gasteiger partial charge >= 0.3 is 5.97 Å². The average Bonchev–Trinajstić information content (AvgIpc) is 3.31. The van der Waals surface area contributed by atoms with Crippen LogP contribution in [-0.4, -0.2) is 99.4 Å². The van der Waals surface area contributed by atoms with E-state index < -0.39 is 90.6 Å². The standard InChI is InChI=1S/C23H39N7O9/c1-10(2)7-14(22(37)30-6-4-5-15(30)23(38)39)29-20(35)12(8-16(24)32)27-19(34)13(9-17(25)33)28-21(36)18(26)11(3)31/h10-15,18,31H,4-9,26H2,1-3H3,(H2,24,32)(H2,25,33)(H,27,34)(H,28,36)(H,29,35)(H,38,39)/t11-,12+,13+,14+,15+,18+/m1/s1. The minimum absolute atomic E-state index is 0.109. The summed E-state index contributed by atoms with van der Waals surface area (Å²) in [6.45, 7) is 4.98. The first kappa shape index (κ1) is 33.2. The predicted molar refractivity (Wildman–Crippen MR) is 135 cm³/mol. The monoisotopic (exact) mass is 557 g/mol. The molecule has 0 spiro atoms. The molecule has 1 heterocycles. The number of hydrogen-bond donors (Lipinski definition) is 8. The summed E-state index contributed by atoms with van der Waals surface area (Å²) in [4.78, 5) is 87.4. The first-order valence-electron chi connectivity index (χ1n) is 12.5. The number of amides is 6. The minimum Gasteiger partial charge on any atom is -0.480 e. The van der Waals surface area contributed by atoms with Crippen LogP contribution in [0.15, 0.2) is 0 Å². The van der Waals surface area contributed by atoms with Crippen molar-refractivity contribution in [1.82, 2.24) is 20.9 Å². The molecule has 16 heteroatoms. The van der Waals surface area contributed by atoms with Gasteiger partial charge in [0.25, 0.3) is 0 Å². The van der Waals surface area contributed by atoms with Crippen LogP contribution in [0.4, 0.5) is 0 Å². The highest BCUT2D eigenvalue weighted by atomic mass is 16.4. The van der Waals surface area contributed by atoms with Gasteiger partial charge in [0, 0.05) is 6.54 Å². The van der Waals surface area contributed by atoms with Gasteiger partial charge < -0.3 is 48.3 Å². The number of nitrogens with two attached hydrogens (primary N) is 3. The summed E-state index contributed by atoms with van der Waals surface area (Å²) in [6, 6.07) is -6.90. The molecule has 1 rings (SSSR count). The number of rotatable bonds is 15. The van der Waals surface area contributed by atoms with Crippen LogP contribution in [0.3, 0.4) is 0 Å². The van der Waals surface area contributed by atoms with Crippen LogP contribution in [-0.2, 0) is 33.6 Å². The van der Waals surface area contributed by atoms with Crippen LogP contribution in [0.5, 0.6) is 0 Å². The molecule has 1 aliphatic rings. The smallest absolute Gasteiger partial charge is 0.326 e. The van der Waals surface area contributed by atoms with E-state index in [4.69, 9.17) is 17.2 Å². The number of carboxylic acid groups (broad SMARTS) is 1. The quantitative estimate of drug-likeness (QED) is 0.0966. The lowest BCUT2D eigenvalue weighted by molar-refractivity contribution is -0.149. The Kier molecular flexibility index (Phi) is 12.8. The van der Waals surface area contributed by atoms with Crippen molar-refractivity contribution in [3.8, 4) is 0 Å². The largest absolute Gasteiger partial charge is 0.480 e. The molecule has 6 atom stereocenters. The second-order valence-corrected chi connectivity index (χ2v) is 9.95. The fourth-order valence-electron chi connectivity index (χ4n) is 4.03. The molecule has 11 N–H and O–H groups in total. The van der Waals surface area contributed by atoms with Gasteiger partial charge in [0.2, 0.25) is 35.4 Å². The molecule has 0 aromatic carbocycles. The highest BCUT2D eigenvalue weighted by Crippen LogP contribution is 2.20. The van der Waals surface area contributed by atoms with Gasteiger partial charge in [-0.15, -0.1) is 0 Å². The van der Waals surface area contributed by atoms with E-state index in [-0.39, 0.29) is 25.3 Å². The Morgan fingerprint density at radius 3 is 1.72 bits per heavy atom. The maximum absolute atomic E-state index is 13.2. The maximum Gasteiger partial charge on any atom is 0.326 e. The molecule has 0 unspecified atom stereocenters. The topological polar surface area (TPSA) is 277 Å². The SMILES string of the molecule is CC(C)C[C@H](NC(=O)[C@H](CC(N)=O)NC(=O)[C@H](CC(N)=O)NC(=O)[C@@H](N)[C@@H](C)O)C(=O)N1CCC[C@H]1C(=O)O. The van der Waals surface area contributed by atoms with Crippen LogP contribution in [0, 0.1) is 5.92 Å². The van der Waals surface area contributed by atoms with E-state index in [0.717, 1.165) is 0 Å². The number of likely N-dealkylation sites (tertiary alicyclic amines) is 1. The van der Waals surface area contributed by atoms with Crippen molar-refractivity contribution in [2.75, 3.05) is 6.54 Å². The number of carbonyl (C=O) groups excluding carboxylic acids is 6. The summed E-state index contributed by atoms with van der Waals surface area (Å²) in [6.07, 6.45) is -1.84. The third-order valence-corrected chi connectivity index (χ3v) is 6.04. The number of aliphatic carboxylic acids is 1.